The molecule has 0 saturated heterocycles. The predicted molar refractivity (Wildman–Crippen MR) is 134 cm³/mol. The number of fused-ring (bicyclic) bond motifs is 1. The van der Waals surface area contributed by atoms with Gasteiger partial charge in [0.1, 0.15) is 17.1 Å². The van der Waals surface area contributed by atoms with Crippen LogP contribution in [0.25, 0.3) is 0 Å². The lowest BCUT2D eigenvalue weighted by molar-refractivity contribution is -0.131. The molecule has 1 aromatic carbocycles. The van der Waals surface area contributed by atoms with E-state index >= 15 is 0 Å². The summed E-state index contributed by atoms with van der Waals surface area (Å²) in [6.45, 7) is 14.5. The van der Waals surface area contributed by atoms with E-state index in [0.29, 0.717) is 5.75 Å². The van der Waals surface area contributed by atoms with Gasteiger partial charge in [0.2, 0.25) is 0 Å². The second-order valence-corrected chi connectivity index (χ2v) is 9.87. The van der Waals surface area contributed by atoms with E-state index in [0.717, 1.165) is 68.2 Å². The summed E-state index contributed by atoms with van der Waals surface area (Å²) in [6, 6.07) is 3.84. The van der Waals surface area contributed by atoms with E-state index in [4.69, 9.17) is 9.47 Å². The van der Waals surface area contributed by atoms with Crippen molar-refractivity contribution < 1.29 is 14.3 Å². The maximum absolute atomic E-state index is 11.3. The molecule has 0 bridgehead atoms. The standard InChI is InChI=1S/C29H42O3/c1-21(2)11-8-12-22(3)13-9-14-23(4)15-10-17-29(7)18-16-26-20-27(31-25(6)30)19-24(5)28(26)32-29/h11,13,15,19-20H,8-10,12,14,16-18H2,1-7H3/b22-13+,23-15+/t29-/m1/s1. The Balaban J connectivity index is 1.84. The van der Waals surface area contributed by atoms with Crippen molar-refractivity contribution in [2.75, 3.05) is 0 Å². The molecule has 0 unspecified atom stereocenters. The second-order valence-electron chi connectivity index (χ2n) is 9.87. The fraction of sp³-hybridized carbons (Fsp3) is 0.552. The molecule has 1 atom stereocenters. The van der Waals surface area contributed by atoms with Gasteiger partial charge in [0.15, 0.2) is 0 Å². The van der Waals surface area contributed by atoms with Gasteiger partial charge in [0.05, 0.1) is 0 Å². The zero-order valence-corrected chi connectivity index (χ0v) is 21.3. The molecule has 0 aromatic heterocycles. The molecule has 1 aliphatic rings. The summed E-state index contributed by atoms with van der Waals surface area (Å²) in [5, 5.41) is 0. The Labute approximate surface area is 195 Å². The molecule has 3 heteroatoms. The van der Waals surface area contributed by atoms with Crippen LogP contribution in [0.1, 0.15) is 97.6 Å². The Kier molecular flexibility index (Phi) is 9.81. The lowest BCUT2D eigenvalue weighted by atomic mass is 9.87. The van der Waals surface area contributed by atoms with Crippen LogP contribution in [0, 0.1) is 6.92 Å². The zero-order chi connectivity index (χ0) is 23.7. The van der Waals surface area contributed by atoms with E-state index in [1.54, 1.807) is 0 Å². The molecule has 1 heterocycles. The minimum Gasteiger partial charge on any atom is -0.487 e. The Bertz CT molecular complexity index is 884. The smallest absolute Gasteiger partial charge is 0.308 e. The van der Waals surface area contributed by atoms with Gasteiger partial charge in [-0.3, -0.25) is 4.79 Å². The zero-order valence-electron chi connectivity index (χ0n) is 21.3. The van der Waals surface area contributed by atoms with Crippen molar-refractivity contribution in [3.63, 3.8) is 0 Å². The largest absolute Gasteiger partial charge is 0.487 e. The first kappa shape index (κ1) is 26.0. The van der Waals surface area contributed by atoms with E-state index in [-0.39, 0.29) is 11.6 Å². The first-order valence-corrected chi connectivity index (χ1v) is 12.0. The van der Waals surface area contributed by atoms with Gasteiger partial charge in [-0.2, -0.15) is 0 Å². The van der Waals surface area contributed by atoms with Crippen LogP contribution in [0.5, 0.6) is 11.5 Å². The number of rotatable bonds is 10. The molecular formula is C29H42O3. The summed E-state index contributed by atoms with van der Waals surface area (Å²) in [7, 11) is 0. The number of ether oxygens (including phenoxy) is 2. The quantitative estimate of drug-likeness (QED) is 0.210. The van der Waals surface area contributed by atoms with Crippen molar-refractivity contribution in [1.82, 2.24) is 0 Å². The molecule has 2 rings (SSSR count). The summed E-state index contributed by atoms with van der Waals surface area (Å²) in [5.41, 5.74) is 6.36. The average molecular weight is 439 g/mol. The molecule has 0 saturated carbocycles. The van der Waals surface area contributed by atoms with Crippen LogP contribution in [-0.4, -0.2) is 11.6 Å². The Morgan fingerprint density at radius 2 is 1.62 bits per heavy atom. The van der Waals surface area contributed by atoms with E-state index in [2.05, 4.69) is 52.8 Å². The van der Waals surface area contributed by atoms with Crippen molar-refractivity contribution >= 4 is 5.97 Å². The molecule has 176 valence electrons. The topological polar surface area (TPSA) is 35.5 Å². The maximum Gasteiger partial charge on any atom is 0.308 e. The van der Waals surface area contributed by atoms with Crippen LogP contribution in [-0.2, 0) is 11.2 Å². The minimum atomic E-state index is -0.289. The van der Waals surface area contributed by atoms with E-state index < -0.39 is 0 Å². The summed E-state index contributed by atoms with van der Waals surface area (Å²) in [5.74, 6) is 1.28. The third-order valence-corrected chi connectivity index (χ3v) is 6.15. The second kappa shape index (κ2) is 12.1. The number of aryl methyl sites for hydroxylation is 2. The van der Waals surface area contributed by atoms with Crippen molar-refractivity contribution in [3.8, 4) is 11.5 Å². The van der Waals surface area contributed by atoms with Crippen LogP contribution >= 0.6 is 0 Å². The third-order valence-electron chi connectivity index (χ3n) is 6.15. The Morgan fingerprint density at radius 3 is 2.25 bits per heavy atom. The molecular weight excluding hydrogens is 396 g/mol. The number of carbonyl (C=O) groups is 1. The molecule has 3 nitrogen and oxygen atoms in total. The Morgan fingerprint density at radius 1 is 1.00 bits per heavy atom. The summed E-state index contributed by atoms with van der Waals surface area (Å²) in [4.78, 5) is 11.3. The van der Waals surface area contributed by atoms with Crippen molar-refractivity contribution in [1.29, 1.82) is 0 Å². The molecule has 1 aromatic rings. The van der Waals surface area contributed by atoms with Crippen molar-refractivity contribution in [3.05, 3.63) is 58.2 Å². The normalized spacial score (nSPS) is 18.6. The SMILES string of the molecule is CC(=O)Oc1cc(C)c2c(c1)CC[C@@](C)(CC/C=C(\C)CC/C=C(\C)CCC=C(C)C)O2. The van der Waals surface area contributed by atoms with Gasteiger partial charge in [-0.05, 0) is 116 Å². The third kappa shape index (κ3) is 8.68. The van der Waals surface area contributed by atoms with Gasteiger partial charge in [-0.1, -0.05) is 34.9 Å². The number of carbonyl (C=O) groups excluding carboxylic acids is 1. The molecule has 0 radical (unpaired) electrons. The van der Waals surface area contributed by atoms with E-state index in [1.807, 2.05) is 19.1 Å². The Hall–Kier alpha value is -2.29. The highest BCUT2D eigenvalue weighted by atomic mass is 16.5. The van der Waals surface area contributed by atoms with Crippen molar-refractivity contribution in [2.45, 2.75) is 105 Å². The van der Waals surface area contributed by atoms with Gasteiger partial charge in [0.25, 0.3) is 0 Å². The molecule has 1 aliphatic heterocycles. The lowest BCUT2D eigenvalue weighted by Crippen LogP contribution is -2.36. The van der Waals surface area contributed by atoms with Crippen LogP contribution in [0.15, 0.2) is 47.1 Å². The van der Waals surface area contributed by atoms with Gasteiger partial charge in [0, 0.05) is 6.92 Å². The first-order chi connectivity index (χ1) is 15.1. The minimum absolute atomic E-state index is 0.154. The number of hydrogen-bond acceptors (Lipinski definition) is 3. The fourth-order valence-electron chi connectivity index (χ4n) is 4.20. The predicted octanol–water partition coefficient (Wildman–Crippen LogP) is 8.20. The molecule has 0 spiro atoms. The van der Waals surface area contributed by atoms with Crippen LogP contribution in [0.4, 0.5) is 0 Å². The summed E-state index contributed by atoms with van der Waals surface area (Å²) in [6.07, 6.45) is 15.6. The van der Waals surface area contributed by atoms with Gasteiger partial charge in [-0.15, -0.1) is 0 Å². The van der Waals surface area contributed by atoms with E-state index in [1.165, 1.54) is 23.6 Å². The molecule has 0 amide bonds. The summed E-state index contributed by atoms with van der Waals surface area (Å²) >= 11 is 0. The highest BCUT2D eigenvalue weighted by molar-refractivity contribution is 5.69. The number of allylic oxidation sites excluding steroid dienone is 6. The van der Waals surface area contributed by atoms with Crippen LogP contribution < -0.4 is 9.47 Å². The average Bonchev–Trinajstić information content (AvgIpc) is 2.68. The molecule has 0 N–H and O–H groups in total. The van der Waals surface area contributed by atoms with Gasteiger partial charge in [-0.25, -0.2) is 0 Å². The first-order valence-electron chi connectivity index (χ1n) is 12.0. The molecule has 0 aliphatic carbocycles. The van der Waals surface area contributed by atoms with Gasteiger partial charge < -0.3 is 9.47 Å². The van der Waals surface area contributed by atoms with Crippen molar-refractivity contribution in [2.24, 2.45) is 0 Å². The van der Waals surface area contributed by atoms with E-state index in [9.17, 15) is 4.79 Å². The highest BCUT2D eigenvalue weighted by Gasteiger charge is 2.32. The lowest BCUT2D eigenvalue weighted by Gasteiger charge is -2.37. The highest BCUT2D eigenvalue weighted by Crippen LogP contribution is 2.40. The maximum atomic E-state index is 11.3. The van der Waals surface area contributed by atoms with Crippen LogP contribution in [0.3, 0.4) is 0 Å². The number of hydrogen-bond donors (Lipinski definition) is 0. The molecule has 0 fully saturated rings. The van der Waals surface area contributed by atoms with Crippen LogP contribution in [0.2, 0.25) is 0 Å². The number of esters is 1. The van der Waals surface area contributed by atoms with Gasteiger partial charge >= 0.3 is 5.97 Å². The molecule has 32 heavy (non-hydrogen) atoms. The summed E-state index contributed by atoms with van der Waals surface area (Å²) < 4.78 is 11.7. The number of benzene rings is 1. The monoisotopic (exact) mass is 438 g/mol. The fourth-order valence-corrected chi connectivity index (χ4v) is 4.20.